The molecule has 0 unspecified atom stereocenters. The Labute approximate surface area is 104 Å². The number of aromatic nitrogens is 1. The van der Waals surface area contributed by atoms with Crippen LogP contribution in [0.2, 0.25) is 5.02 Å². The Hall–Kier alpha value is -1.49. The van der Waals surface area contributed by atoms with E-state index in [-0.39, 0.29) is 17.7 Å². The molecule has 1 aromatic heterocycles. The van der Waals surface area contributed by atoms with E-state index >= 15 is 0 Å². The first kappa shape index (κ1) is 12.0. The lowest BCUT2D eigenvalue weighted by molar-refractivity contribution is -0.128. The van der Waals surface area contributed by atoms with Crippen molar-refractivity contribution >= 4 is 23.4 Å². The average molecular weight is 256 g/mol. The van der Waals surface area contributed by atoms with Gasteiger partial charge in [-0.25, -0.2) is 0 Å². The second-order valence-electron chi connectivity index (χ2n) is 4.23. The third-order valence-corrected chi connectivity index (χ3v) is 3.19. The molecule has 0 bridgehead atoms. The van der Waals surface area contributed by atoms with E-state index < -0.39 is 0 Å². The SMILES string of the molecule is Cn1cc(Cl)cc1C(=O)NNC(=O)C1CCC1. The van der Waals surface area contributed by atoms with Gasteiger partial charge in [0.2, 0.25) is 5.91 Å². The summed E-state index contributed by atoms with van der Waals surface area (Å²) in [6, 6.07) is 1.55. The van der Waals surface area contributed by atoms with Crippen molar-refractivity contribution in [2.45, 2.75) is 19.3 Å². The van der Waals surface area contributed by atoms with E-state index in [1.807, 2.05) is 0 Å². The number of nitrogens with one attached hydrogen (secondary N) is 2. The van der Waals surface area contributed by atoms with Crippen LogP contribution in [0.4, 0.5) is 0 Å². The predicted octanol–water partition coefficient (Wildman–Crippen LogP) is 1.24. The maximum Gasteiger partial charge on any atom is 0.286 e. The normalized spacial score (nSPS) is 15.2. The number of amides is 2. The summed E-state index contributed by atoms with van der Waals surface area (Å²) >= 11 is 5.77. The summed E-state index contributed by atoms with van der Waals surface area (Å²) in [6.45, 7) is 0. The third-order valence-electron chi connectivity index (χ3n) is 2.98. The highest BCUT2D eigenvalue weighted by Gasteiger charge is 2.25. The standard InChI is InChI=1S/C11H14ClN3O2/c1-15-6-8(12)5-9(15)11(17)14-13-10(16)7-3-2-4-7/h5-7H,2-4H2,1H3,(H,13,16)(H,14,17). The fourth-order valence-corrected chi connectivity index (χ4v) is 1.95. The summed E-state index contributed by atoms with van der Waals surface area (Å²) in [7, 11) is 1.72. The minimum atomic E-state index is -0.368. The van der Waals surface area contributed by atoms with Crippen LogP contribution in [-0.2, 0) is 11.8 Å². The molecule has 0 aromatic carbocycles. The number of halogens is 1. The molecule has 2 rings (SSSR count). The van der Waals surface area contributed by atoms with Crippen molar-refractivity contribution < 1.29 is 9.59 Å². The summed E-state index contributed by atoms with van der Waals surface area (Å²) < 4.78 is 1.60. The van der Waals surface area contributed by atoms with Crippen LogP contribution in [0.1, 0.15) is 29.8 Å². The summed E-state index contributed by atoms with van der Waals surface area (Å²) in [5, 5.41) is 0.489. The Morgan fingerprint density at radius 2 is 2.12 bits per heavy atom. The first-order valence-corrected chi connectivity index (χ1v) is 5.88. The van der Waals surface area contributed by atoms with E-state index in [1.165, 1.54) is 0 Å². The van der Waals surface area contributed by atoms with E-state index in [0.29, 0.717) is 10.7 Å². The molecule has 0 saturated heterocycles. The number of hydrogen-bond acceptors (Lipinski definition) is 2. The van der Waals surface area contributed by atoms with E-state index in [2.05, 4.69) is 10.9 Å². The van der Waals surface area contributed by atoms with Crippen molar-refractivity contribution in [3.63, 3.8) is 0 Å². The fourth-order valence-electron chi connectivity index (χ4n) is 1.70. The van der Waals surface area contributed by atoms with Gasteiger partial charge in [0.15, 0.2) is 0 Å². The minimum Gasteiger partial charge on any atom is -0.345 e. The highest BCUT2D eigenvalue weighted by atomic mass is 35.5. The molecule has 1 aliphatic rings. The van der Waals surface area contributed by atoms with Crippen LogP contribution >= 0.6 is 11.6 Å². The zero-order chi connectivity index (χ0) is 12.4. The molecule has 1 fully saturated rings. The predicted molar refractivity (Wildman–Crippen MR) is 63.4 cm³/mol. The van der Waals surface area contributed by atoms with E-state index in [1.54, 1.807) is 23.9 Å². The highest BCUT2D eigenvalue weighted by molar-refractivity contribution is 6.31. The van der Waals surface area contributed by atoms with E-state index in [4.69, 9.17) is 11.6 Å². The Bertz CT molecular complexity index is 452. The number of hydrogen-bond donors (Lipinski definition) is 2. The lowest BCUT2D eigenvalue weighted by atomic mass is 9.85. The Balaban J connectivity index is 1.88. The molecule has 2 N–H and O–H groups in total. The van der Waals surface area contributed by atoms with Crippen molar-refractivity contribution in [1.82, 2.24) is 15.4 Å². The Kier molecular flexibility index (Phi) is 3.38. The first-order chi connectivity index (χ1) is 8.08. The van der Waals surface area contributed by atoms with Gasteiger partial charge in [-0.05, 0) is 18.9 Å². The van der Waals surface area contributed by atoms with Crippen LogP contribution in [0, 0.1) is 5.92 Å². The Morgan fingerprint density at radius 3 is 2.59 bits per heavy atom. The smallest absolute Gasteiger partial charge is 0.286 e. The molecule has 2 amide bonds. The molecule has 5 nitrogen and oxygen atoms in total. The Morgan fingerprint density at radius 1 is 1.41 bits per heavy atom. The molecule has 1 aromatic rings. The van der Waals surface area contributed by atoms with Gasteiger partial charge in [0.25, 0.3) is 5.91 Å². The van der Waals surface area contributed by atoms with Gasteiger partial charge in [-0.2, -0.15) is 0 Å². The lowest BCUT2D eigenvalue weighted by Gasteiger charge is -2.23. The quantitative estimate of drug-likeness (QED) is 0.781. The minimum absolute atomic E-state index is 0.0484. The molecule has 1 aliphatic carbocycles. The van der Waals surface area contributed by atoms with E-state index in [9.17, 15) is 9.59 Å². The summed E-state index contributed by atoms with van der Waals surface area (Å²) in [4.78, 5) is 23.2. The number of rotatable bonds is 2. The molecule has 0 aliphatic heterocycles. The second-order valence-corrected chi connectivity index (χ2v) is 4.66. The van der Waals surface area contributed by atoms with Gasteiger partial charge in [0, 0.05) is 19.2 Å². The number of hydrazine groups is 1. The van der Waals surface area contributed by atoms with Crippen molar-refractivity contribution in [3.8, 4) is 0 Å². The summed E-state index contributed by atoms with van der Waals surface area (Å²) in [5.74, 6) is -0.440. The molecular formula is C11H14ClN3O2. The molecule has 0 atom stereocenters. The monoisotopic (exact) mass is 255 g/mol. The number of aryl methyl sites for hydroxylation is 1. The van der Waals surface area contributed by atoms with Crippen LogP contribution in [0.3, 0.4) is 0 Å². The van der Waals surface area contributed by atoms with Gasteiger partial charge in [-0.1, -0.05) is 18.0 Å². The molecule has 92 valence electrons. The van der Waals surface area contributed by atoms with Gasteiger partial charge < -0.3 is 4.57 Å². The number of carbonyl (C=O) groups excluding carboxylic acids is 2. The van der Waals surface area contributed by atoms with Gasteiger partial charge in [-0.3, -0.25) is 20.4 Å². The summed E-state index contributed by atoms with van der Waals surface area (Å²) in [5.41, 5.74) is 5.21. The third kappa shape index (κ3) is 2.61. The average Bonchev–Trinajstić information content (AvgIpc) is 2.51. The van der Waals surface area contributed by atoms with Crippen molar-refractivity contribution in [3.05, 3.63) is 23.0 Å². The maximum absolute atomic E-state index is 11.7. The molecule has 1 heterocycles. The van der Waals surface area contributed by atoms with Crippen molar-refractivity contribution in [1.29, 1.82) is 0 Å². The van der Waals surface area contributed by atoms with Crippen LogP contribution in [0.15, 0.2) is 12.3 Å². The number of carbonyl (C=O) groups is 2. The van der Waals surface area contributed by atoms with Crippen LogP contribution in [0.25, 0.3) is 0 Å². The van der Waals surface area contributed by atoms with Crippen LogP contribution < -0.4 is 10.9 Å². The molecule has 0 spiro atoms. The lowest BCUT2D eigenvalue weighted by Crippen LogP contribution is -2.46. The topological polar surface area (TPSA) is 63.1 Å². The number of nitrogens with zero attached hydrogens (tertiary/aromatic N) is 1. The first-order valence-electron chi connectivity index (χ1n) is 5.50. The molecule has 0 radical (unpaired) electrons. The van der Waals surface area contributed by atoms with Crippen LogP contribution in [0.5, 0.6) is 0 Å². The fraction of sp³-hybridized carbons (Fsp3) is 0.455. The molecular weight excluding hydrogens is 242 g/mol. The highest BCUT2D eigenvalue weighted by Crippen LogP contribution is 2.25. The van der Waals surface area contributed by atoms with Gasteiger partial charge >= 0.3 is 0 Å². The molecule has 6 heteroatoms. The van der Waals surface area contributed by atoms with Crippen LogP contribution in [-0.4, -0.2) is 16.4 Å². The summed E-state index contributed by atoms with van der Waals surface area (Å²) in [6.07, 6.45) is 4.51. The van der Waals surface area contributed by atoms with Crippen molar-refractivity contribution in [2.24, 2.45) is 13.0 Å². The van der Waals surface area contributed by atoms with E-state index in [0.717, 1.165) is 19.3 Å². The molecule has 1 saturated carbocycles. The van der Waals surface area contributed by atoms with Gasteiger partial charge in [0.1, 0.15) is 5.69 Å². The molecule has 17 heavy (non-hydrogen) atoms. The zero-order valence-electron chi connectivity index (χ0n) is 9.50. The van der Waals surface area contributed by atoms with Crippen molar-refractivity contribution in [2.75, 3.05) is 0 Å². The zero-order valence-corrected chi connectivity index (χ0v) is 10.3. The maximum atomic E-state index is 11.7. The van der Waals surface area contributed by atoms with Gasteiger partial charge in [0.05, 0.1) is 5.02 Å². The van der Waals surface area contributed by atoms with Gasteiger partial charge in [-0.15, -0.1) is 0 Å². The second kappa shape index (κ2) is 4.79. The largest absolute Gasteiger partial charge is 0.345 e.